The molecule has 0 saturated carbocycles. The Morgan fingerprint density at radius 1 is 0.815 bits per heavy atom. The van der Waals surface area contributed by atoms with E-state index < -0.39 is 0 Å². The van der Waals surface area contributed by atoms with Crippen molar-refractivity contribution >= 4 is 28.3 Å². The van der Waals surface area contributed by atoms with Crippen molar-refractivity contribution in [2.75, 3.05) is 11.9 Å². The van der Waals surface area contributed by atoms with Crippen molar-refractivity contribution in [1.29, 1.82) is 0 Å². The van der Waals surface area contributed by atoms with Crippen molar-refractivity contribution in [3.05, 3.63) is 77.4 Å². The second kappa shape index (κ2) is 8.36. The van der Waals surface area contributed by atoms with Crippen LogP contribution >= 0.6 is 0 Å². The molecule has 0 heterocycles. The van der Waals surface area contributed by atoms with Crippen molar-refractivity contribution < 1.29 is 9.59 Å². The van der Waals surface area contributed by atoms with Gasteiger partial charge in [-0.1, -0.05) is 60.2 Å². The van der Waals surface area contributed by atoms with Crippen LogP contribution in [0.15, 0.2) is 60.7 Å². The number of hydrogen-bond donors (Lipinski definition) is 3. The molecule has 5 nitrogen and oxygen atoms in total. The van der Waals surface area contributed by atoms with E-state index in [4.69, 9.17) is 0 Å². The summed E-state index contributed by atoms with van der Waals surface area (Å²) >= 11 is 0. The van der Waals surface area contributed by atoms with Crippen LogP contribution in [0.1, 0.15) is 16.7 Å². The quantitative estimate of drug-likeness (QED) is 0.611. The average Bonchev–Trinajstić information content (AvgIpc) is 2.65. The number of carbonyl (C=O) groups excluding carboxylic acids is 2. The smallest absolute Gasteiger partial charge is 0.257 e. The van der Waals surface area contributed by atoms with E-state index in [0.29, 0.717) is 0 Å². The van der Waals surface area contributed by atoms with E-state index in [-0.39, 0.29) is 24.8 Å². The van der Waals surface area contributed by atoms with Crippen LogP contribution < -0.4 is 16.2 Å². The summed E-state index contributed by atoms with van der Waals surface area (Å²) in [4.78, 5) is 24.0. The van der Waals surface area contributed by atoms with E-state index >= 15 is 0 Å². The fraction of sp³-hybridized carbons (Fsp3) is 0.182. The van der Waals surface area contributed by atoms with Crippen molar-refractivity contribution in [2.24, 2.45) is 0 Å². The molecule has 2 amide bonds. The lowest BCUT2D eigenvalue weighted by atomic mass is 10.1. The first kappa shape index (κ1) is 18.5. The molecular weight excluding hydrogens is 338 g/mol. The van der Waals surface area contributed by atoms with Gasteiger partial charge in [0, 0.05) is 5.69 Å². The van der Waals surface area contributed by atoms with Gasteiger partial charge in [0.2, 0.25) is 5.91 Å². The molecule has 0 atom stereocenters. The molecule has 0 saturated heterocycles. The Labute approximate surface area is 158 Å². The minimum atomic E-state index is -0.304. The van der Waals surface area contributed by atoms with Gasteiger partial charge in [-0.3, -0.25) is 20.4 Å². The van der Waals surface area contributed by atoms with Crippen LogP contribution in [0, 0.1) is 13.8 Å². The Morgan fingerprint density at radius 2 is 1.56 bits per heavy atom. The Hall–Kier alpha value is -3.34. The fourth-order valence-electron chi connectivity index (χ4n) is 2.95. The van der Waals surface area contributed by atoms with E-state index in [1.807, 2.05) is 74.5 Å². The number of rotatable bonds is 5. The van der Waals surface area contributed by atoms with Crippen LogP contribution in [0.4, 0.5) is 5.69 Å². The highest BCUT2D eigenvalue weighted by molar-refractivity contribution is 5.87. The lowest BCUT2D eigenvalue weighted by molar-refractivity contribution is -0.127. The zero-order valence-electron chi connectivity index (χ0n) is 15.5. The number of hydrazine groups is 1. The van der Waals surface area contributed by atoms with E-state index in [1.54, 1.807) is 0 Å². The number of benzene rings is 3. The molecule has 0 fully saturated rings. The summed E-state index contributed by atoms with van der Waals surface area (Å²) in [5.74, 6) is -0.563. The van der Waals surface area contributed by atoms with Crippen molar-refractivity contribution in [2.45, 2.75) is 20.3 Å². The maximum atomic E-state index is 12.1. The molecule has 0 bridgehead atoms. The predicted molar refractivity (Wildman–Crippen MR) is 108 cm³/mol. The number of anilines is 1. The fourth-order valence-corrected chi connectivity index (χ4v) is 2.95. The molecule has 3 rings (SSSR count). The molecule has 0 aliphatic rings. The first-order valence-corrected chi connectivity index (χ1v) is 8.88. The summed E-state index contributed by atoms with van der Waals surface area (Å²) in [6.45, 7) is 4.09. The molecule has 3 N–H and O–H groups in total. The Balaban J connectivity index is 1.47. The van der Waals surface area contributed by atoms with Gasteiger partial charge >= 0.3 is 0 Å². The Kier molecular flexibility index (Phi) is 5.71. The number of fused-ring (bicyclic) bond motifs is 1. The number of carbonyl (C=O) groups is 2. The average molecular weight is 361 g/mol. The molecule has 3 aromatic rings. The van der Waals surface area contributed by atoms with Crippen LogP contribution in [0.3, 0.4) is 0 Å². The molecule has 0 aliphatic heterocycles. The predicted octanol–water partition coefficient (Wildman–Crippen LogP) is 3.26. The second-order valence-corrected chi connectivity index (χ2v) is 6.63. The Morgan fingerprint density at radius 3 is 2.33 bits per heavy atom. The van der Waals surface area contributed by atoms with Crippen molar-refractivity contribution in [3.8, 4) is 0 Å². The monoisotopic (exact) mass is 361 g/mol. The van der Waals surface area contributed by atoms with Crippen LogP contribution in [-0.2, 0) is 16.0 Å². The summed E-state index contributed by atoms with van der Waals surface area (Å²) in [5, 5.41) is 5.29. The van der Waals surface area contributed by atoms with Gasteiger partial charge in [0.05, 0.1) is 13.0 Å². The third kappa shape index (κ3) is 5.07. The lowest BCUT2D eigenvalue weighted by Crippen LogP contribution is -2.44. The van der Waals surface area contributed by atoms with Crippen LogP contribution in [0.5, 0.6) is 0 Å². The molecule has 27 heavy (non-hydrogen) atoms. The number of hydrogen-bond acceptors (Lipinski definition) is 3. The molecular formula is C22H23N3O2. The molecule has 0 unspecified atom stereocenters. The van der Waals surface area contributed by atoms with E-state index in [0.717, 1.165) is 27.6 Å². The zero-order valence-corrected chi connectivity index (χ0v) is 15.5. The Bertz CT molecular complexity index is 982. The van der Waals surface area contributed by atoms with Gasteiger partial charge in [-0.15, -0.1) is 0 Å². The van der Waals surface area contributed by atoms with Gasteiger partial charge in [0.15, 0.2) is 0 Å². The molecule has 0 aromatic heterocycles. The third-order valence-corrected chi connectivity index (χ3v) is 4.34. The maximum absolute atomic E-state index is 12.1. The summed E-state index contributed by atoms with van der Waals surface area (Å²) in [7, 11) is 0. The van der Waals surface area contributed by atoms with E-state index in [1.165, 1.54) is 5.56 Å². The molecule has 0 radical (unpaired) electrons. The molecule has 3 aromatic carbocycles. The third-order valence-electron chi connectivity index (χ3n) is 4.34. The zero-order chi connectivity index (χ0) is 19.2. The van der Waals surface area contributed by atoms with E-state index in [9.17, 15) is 9.59 Å². The maximum Gasteiger partial charge on any atom is 0.257 e. The number of amides is 2. The normalized spacial score (nSPS) is 10.4. The minimum Gasteiger partial charge on any atom is -0.376 e. The topological polar surface area (TPSA) is 70.2 Å². The highest BCUT2D eigenvalue weighted by Crippen LogP contribution is 2.16. The second-order valence-electron chi connectivity index (χ2n) is 6.63. The standard InChI is InChI=1S/C22H23N3O2/c1-15-7-10-20(16(2)11-15)23-14-22(27)25-24-21(26)13-17-8-9-18-5-3-4-6-19(18)12-17/h3-12,23H,13-14H2,1-2H3,(H,24,26)(H,25,27). The highest BCUT2D eigenvalue weighted by Gasteiger charge is 2.07. The van der Waals surface area contributed by atoms with Crippen LogP contribution in [0.25, 0.3) is 10.8 Å². The van der Waals surface area contributed by atoms with Crippen LogP contribution in [-0.4, -0.2) is 18.4 Å². The summed E-state index contributed by atoms with van der Waals surface area (Å²) in [5.41, 5.74) is 8.94. The van der Waals surface area contributed by atoms with Gasteiger partial charge in [0.1, 0.15) is 0 Å². The van der Waals surface area contributed by atoms with E-state index in [2.05, 4.69) is 16.2 Å². The molecule has 0 spiro atoms. The van der Waals surface area contributed by atoms with Gasteiger partial charge < -0.3 is 5.32 Å². The van der Waals surface area contributed by atoms with Gasteiger partial charge in [-0.2, -0.15) is 0 Å². The first-order valence-electron chi connectivity index (χ1n) is 8.88. The number of aryl methyl sites for hydroxylation is 2. The van der Waals surface area contributed by atoms with Crippen molar-refractivity contribution in [1.82, 2.24) is 10.9 Å². The van der Waals surface area contributed by atoms with Gasteiger partial charge in [-0.05, 0) is 41.8 Å². The summed E-state index contributed by atoms with van der Waals surface area (Å²) in [6, 6.07) is 19.9. The SMILES string of the molecule is Cc1ccc(NCC(=O)NNC(=O)Cc2ccc3ccccc3c2)c(C)c1. The first-order chi connectivity index (χ1) is 13.0. The van der Waals surface area contributed by atoms with Crippen LogP contribution in [0.2, 0.25) is 0 Å². The minimum absolute atomic E-state index is 0.0835. The van der Waals surface area contributed by atoms with Gasteiger partial charge in [0.25, 0.3) is 5.91 Å². The van der Waals surface area contributed by atoms with Crippen molar-refractivity contribution in [3.63, 3.8) is 0 Å². The molecule has 0 aliphatic carbocycles. The highest BCUT2D eigenvalue weighted by atomic mass is 16.2. The summed E-state index contributed by atoms with van der Waals surface area (Å²) < 4.78 is 0. The largest absolute Gasteiger partial charge is 0.376 e. The number of nitrogens with one attached hydrogen (secondary N) is 3. The van der Waals surface area contributed by atoms with Gasteiger partial charge in [-0.25, -0.2) is 0 Å². The molecule has 138 valence electrons. The molecule has 5 heteroatoms. The lowest BCUT2D eigenvalue weighted by Gasteiger charge is -2.11. The summed E-state index contributed by atoms with van der Waals surface area (Å²) in [6.07, 6.45) is 0.204.